The summed E-state index contributed by atoms with van der Waals surface area (Å²) < 4.78 is 1.89. The Hall–Kier alpha value is -1.90. The lowest BCUT2D eigenvalue weighted by atomic mass is 10.1. The van der Waals surface area contributed by atoms with Crippen LogP contribution in [0, 0.1) is 0 Å². The van der Waals surface area contributed by atoms with Crippen molar-refractivity contribution in [1.29, 1.82) is 0 Å². The Morgan fingerprint density at radius 1 is 1.16 bits per heavy atom. The molecule has 0 radical (unpaired) electrons. The highest BCUT2D eigenvalue weighted by Crippen LogP contribution is 2.20. The van der Waals surface area contributed by atoms with Crippen LogP contribution in [0.4, 0.5) is 0 Å². The van der Waals surface area contributed by atoms with Crippen LogP contribution in [0.5, 0.6) is 0 Å². The molecule has 0 atom stereocenters. The Balaban J connectivity index is 2.12. The normalized spacial score (nSPS) is 10.6. The van der Waals surface area contributed by atoms with Gasteiger partial charge < -0.3 is 0 Å². The van der Waals surface area contributed by atoms with Gasteiger partial charge in [-0.1, -0.05) is 56.5 Å². The van der Waals surface area contributed by atoms with Gasteiger partial charge in [0.05, 0.1) is 5.56 Å². The first-order chi connectivity index (χ1) is 9.35. The van der Waals surface area contributed by atoms with E-state index in [0.717, 1.165) is 30.5 Å². The maximum absolute atomic E-state index is 11.1. The van der Waals surface area contributed by atoms with Crippen LogP contribution in [0.2, 0.25) is 0 Å². The van der Waals surface area contributed by atoms with Crippen molar-refractivity contribution in [2.45, 2.75) is 39.2 Å². The number of hydrogen-bond donors (Lipinski definition) is 0. The molecular formula is C16H20N2O. The number of unbranched alkanes of at least 4 members (excludes halogenated alkanes) is 3. The van der Waals surface area contributed by atoms with E-state index in [0.29, 0.717) is 5.56 Å². The Labute approximate surface area is 114 Å². The fourth-order valence-electron chi connectivity index (χ4n) is 2.16. The summed E-state index contributed by atoms with van der Waals surface area (Å²) in [6.07, 6.45) is 7.55. The second-order valence-corrected chi connectivity index (χ2v) is 4.74. The summed E-state index contributed by atoms with van der Waals surface area (Å²) in [4.78, 5) is 11.1. The van der Waals surface area contributed by atoms with Gasteiger partial charge in [-0.3, -0.25) is 9.48 Å². The molecule has 100 valence electrons. The van der Waals surface area contributed by atoms with Gasteiger partial charge >= 0.3 is 0 Å². The quantitative estimate of drug-likeness (QED) is 0.555. The summed E-state index contributed by atoms with van der Waals surface area (Å²) in [6.45, 7) is 3.08. The topological polar surface area (TPSA) is 34.9 Å². The second-order valence-electron chi connectivity index (χ2n) is 4.74. The predicted molar refractivity (Wildman–Crippen MR) is 77.2 cm³/mol. The van der Waals surface area contributed by atoms with E-state index in [-0.39, 0.29) is 0 Å². The molecule has 3 nitrogen and oxygen atoms in total. The minimum atomic E-state index is 0.668. The lowest BCUT2D eigenvalue weighted by Crippen LogP contribution is -1.98. The van der Waals surface area contributed by atoms with Gasteiger partial charge in [0.2, 0.25) is 0 Å². The zero-order chi connectivity index (χ0) is 13.5. The van der Waals surface area contributed by atoms with Crippen LogP contribution in [0.15, 0.2) is 36.5 Å². The summed E-state index contributed by atoms with van der Waals surface area (Å²) in [5, 5.41) is 4.53. The van der Waals surface area contributed by atoms with Crippen LogP contribution in [0.3, 0.4) is 0 Å². The van der Waals surface area contributed by atoms with Crippen molar-refractivity contribution in [3.8, 4) is 11.3 Å². The summed E-state index contributed by atoms with van der Waals surface area (Å²) in [5.74, 6) is 0. The highest BCUT2D eigenvalue weighted by molar-refractivity contribution is 5.85. The summed E-state index contributed by atoms with van der Waals surface area (Å²) in [6, 6.07) is 9.85. The standard InChI is InChI=1S/C16H20N2O/c1-2-3-4-8-11-18-12-15(13-19)16(17-18)14-9-6-5-7-10-14/h5-7,9-10,12-13H,2-4,8,11H2,1H3. The van der Waals surface area contributed by atoms with Gasteiger partial charge in [-0.05, 0) is 6.42 Å². The average molecular weight is 256 g/mol. The summed E-state index contributed by atoms with van der Waals surface area (Å²) in [7, 11) is 0. The maximum atomic E-state index is 11.1. The van der Waals surface area contributed by atoms with Gasteiger partial charge in [0.15, 0.2) is 6.29 Å². The Bertz CT molecular complexity index is 517. The molecule has 0 aliphatic carbocycles. The van der Waals surface area contributed by atoms with Crippen molar-refractivity contribution in [2.24, 2.45) is 0 Å². The van der Waals surface area contributed by atoms with E-state index in [2.05, 4.69) is 12.0 Å². The lowest BCUT2D eigenvalue weighted by Gasteiger charge is -2.00. The molecule has 0 saturated heterocycles. The van der Waals surface area contributed by atoms with Crippen LogP contribution in [-0.4, -0.2) is 16.1 Å². The lowest BCUT2D eigenvalue weighted by molar-refractivity contribution is 0.112. The molecule has 0 amide bonds. The number of hydrogen-bond acceptors (Lipinski definition) is 2. The van der Waals surface area contributed by atoms with Crippen LogP contribution < -0.4 is 0 Å². The van der Waals surface area contributed by atoms with E-state index in [1.54, 1.807) is 0 Å². The van der Waals surface area contributed by atoms with Crippen LogP contribution in [0.1, 0.15) is 43.0 Å². The number of aryl methyl sites for hydroxylation is 1. The van der Waals surface area contributed by atoms with E-state index in [1.165, 1.54) is 19.3 Å². The monoisotopic (exact) mass is 256 g/mol. The molecule has 0 fully saturated rings. The highest BCUT2D eigenvalue weighted by atomic mass is 16.1. The molecule has 0 saturated carbocycles. The third kappa shape index (κ3) is 3.53. The average Bonchev–Trinajstić information content (AvgIpc) is 2.88. The van der Waals surface area contributed by atoms with Crippen molar-refractivity contribution in [1.82, 2.24) is 9.78 Å². The number of aromatic nitrogens is 2. The minimum absolute atomic E-state index is 0.668. The van der Waals surface area contributed by atoms with Gasteiger partial charge in [-0.15, -0.1) is 0 Å². The van der Waals surface area contributed by atoms with Crippen LogP contribution in [0.25, 0.3) is 11.3 Å². The molecule has 0 aliphatic rings. The molecule has 2 rings (SSSR count). The zero-order valence-corrected chi connectivity index (χ0v) is 11.4. The summed E-state index contributed by atoms with van der Waals surface area (Å²) >= 11 is 0. The molecule has 0 unspecified atom stereocenters. The largest absolute Gasteiger partial charge is 0.298 e. The highest BCUT2D eigenvalue weighted by Gasteiger charge is 2.09. The van der Waals surface area contributed by atoms with Gasteiger partial charge in [-0.2, -0.15) is 5.10 Å². The third-order valence-corrected chi connectivity index (χ3v) is 3.20. The molecule has 1 aromatic heterocycles. The van der Waals surface area contributed by atoms with E-state index in [1.807, 2.05) is 41.2 Å². The van der Waals surface area contributed by atoms with Gasteiger partial charge in [0.25, 0.3) is 0 Å². The molecule has 0 bridgehead atoms. The second kappa shape index (κ2) is 6.88. The SMILES string of the molecule is CCCCCCn1cc(C=O)c(-c2ccccc2)n1. The smallest absolute Gasteiger partial charge is 0.153 e. The van der Waals surface area contributed by atoms with E-state index in [9.17, 15) is 4.79 Å². The maximum Gasteiger partial charge on any atom is 0.153 e. The third-order valence-electron chi connectivity index (χ3n) is 3.20. The predicted octanol–water partition coefficient (Wildman–Crippen LogP) is 3.94. The van der Waals surface area contributed by atoms with Gasteiger partial charge in [0, 0.05) is 18.3 Å². The zero-order valence-electron chi connectivity index (χ0n) is 11.4. The molecule has 3 heteroatoms. The minimum Gasteiger partial charge on any atom is -0.298 e. The number of rotatable bonds is 7. The summed E-state index contributed by atoms with van der Waals surface area (Å²) in [5.41, 5.74) is 2.45. The molecule has 0 aliphatic heterocycles. The van der Waals surface area contributed by atoms with Crippen molar-refractivity contribution in [2.75, 3.05) is 0 Å². The van der Waals surface area contributed by atoms with Crippen molar-refractivity contribution in [3.63, 3.8) is 0 Å². The number of aldehydes is 1. The molecule has 1 aromatic carbocycles. The van der Waals surface area contributed by atoms with Gasteiger partial charge in [-0.25, -0.2) is 0 Å². The fourth-order valence-corrected chi connectivity index (χ4v) is 2.16. The van der Waals surface area contributed by atoms with Crippen LogP contribution >= 0.6 is 0 Å². The molecule has 0 N–H and O–H groups in total. The van der Waals surface area contributed by atoms with E-state index >= 15 is 0 Å². The first kappa shape index (κ1) is 13.5. The molecule has 1 heterocycles. The van der Waals surface area contributed by atoms with E-state index < -0.39 is 0 Å². The van der Waals surface area contributed by atoms with Gasteiger partial charge in [0.1, 0.15) is 5.69 Å². The van der Waals surface area contributed by atoms with Crippen molar-refractivity contribution < 1.29 is 4.79 Å². The molecule has 0 spiro atoms. The Morgan fingerprint density at radius 3 is 2.63 bits per heavy atom. The molecular weight excluding hydrogens is 236 g/mol. The number of carbonyl (C=O) groups excluding carboxylic acids is 1. The van der Waals surface area contributed by atoms with Crippen molar-refractivity contribution >= 4 is 6.29 Å². The number of benzene rings is 1. The van der Waals surface area contributed by atoms with E-state index in [4.69, 9.17) is 0 Å². The van der Waals surface area contributed by atoms with Crippen molar-refractivity contribution in [3.05, 3.63) is 42.1 Å². The first-order valence-electron chi connectivity index (χ1n) is 6.93. The number of nitrogens with zero attached hydrogens (tertiary/aromatic N) is 2. The number of carbonyl (C=O) groups is 1. The Kier molecular flexibility index (Phi) is 4.90. The molecule has 2 aromatic rings. The first-order valence-corrected chi connectivity index (χ1v) is 6.93. The fraction of sp³-hybridized carbons (Fsp3) is 0.375. The Morgan fingerprint density at radius 2 is 1.95 bits per heavy atom. The molecule has 19 heavy (non-hydrogen) atoms. The van der Waals surface area contributed by atoms with Crippen LogP contribution in [-0.2, 0) is 6.54 Å².